The van der Waals surface area contributed by atoms with Crippen LogP contribution in [-0.4, -0.2) is 9.55 Å². The average Bonchev–Trinajstić information content (AvgIpc) is 3.18. The number of rotatable bonds is 2. The van der Waals surface area contributed by atoms with Gasteiger partial charge in [-0.05, 0) is 45.8 Å². The van der Waals surface area contributed by atoms with E-state index in [0.717, 1.165) is 28.1 Å². The van der Waals surface area contributed by atoms with Gasteiger partial charge in [0.15, 0.2) is 0 Å². The third-order valence-electron chi connectivity index (χ3n) is 5.60. The predicted molar refractivity (Wildman–Crippen MR) is 122 cm³/mol. The zero-order valence-corrected chi connectivity index (χ0v) is 15.8. The van der Waals surface area contributed by atoms with Gasteiger partial charge in [-0.25, -0.2) is 4.98 Å². The number of benzene rings is 5. The molecule has 2 nitrogen and oxygen atoms in total. The average molecular weight is 370 g/mol. The molecule has 0 amide bonds. The van der Waals surface area contributed by atoms with Gasteiger partial charge in [0.05, 0.1) is 11.0 Å². The highest BCUT2D eigenvalue weighted by molar-refractivity contribution is 6.12. The summed E-state index contributed by atoms with van der Waals surface area (Å²) < 4.78 is 2.26. The van der Waals surface area contributed by atoms with Crippen LogP contribution in [0.2, 0.25) is 0 Å². The number of hydrogen-bond donors (Lipinski definition) is 0. The van der Waals surface area contributed by atoms with Crippen molar-refractivity contribution in [2.75, 3.05) is 0 Å². The maximum absolute atomic E-state index is 5.05. The van der Waals surface area contributed by atoms with Gasteiger partial charge >= 0.3 is 0 Å². The Kier molecular flexibility index (Phi) is 3.50. The molecule has 0 spiro atoms. The summed E-state index contributed by atoms with van der Waals surface area (Å²) in [6, 6.07) is 38.3. The molecule has 1 aromatic heterocycles. The minimum atomic E-state index is 0.971. The van der Waals surface area contributed by atoms with Gasteiger partial charge in [0.25, 0.3) is 0 Å². The predicted octanol–water partition coefficient (Wildman–Crippen LogP) is 7.00. The lowest BCUT2D eigenvalue weighted by molar-refractivity contribution is 1.11. The van der Waals surface area contributed by atoms with E-state index in [1.54, 1.807) is 0 Å². The summed E-state index contributed by atoms with van der Waals surface area (Å²) in [4.78, 5) is 5.05. The molecule has 0 saturated carbocycles. The van der Waals surface area contributed by atoms with E-state index in [9.17, 15) is 0 Å². The minimum absolute atomic E-state index is 0.971. The summed E-state index contributed by atoms with van der Waals surface area (Å²) in [6.07, 6.45) is 0. The van der Waals surface area contributed by atoms with Crippen molar-refractivity contribution in [3.05, 3.63) is 109 Å². The number of para-hydroxylation sites is 3. The third kappa shape index (κ3) is 2.46. The first-order valence-electron chi connectivity index (χ1n) is 9.84. The van der Waals surface area contributed by atoms with Gasteiger partial charge in [0.2, 0.25) is 0 Å². The molecule has 0 aliphatic carbocycles. The molecular weight excluding hydrogens is 352 g/mol. The molecule has 2 heteroatoms. The minimum Gasteiger partial charge on any atom is -0.292 e. The largest absolute Gasteiger partial charge is 0.292 e. The molecule has 0 bridgehead atoms. The van der Waals surface area contributed by atoms with Crippen LogP contribution in [0.1, 0.15) is 0 Å². The Bertz CT molecular complexity index is 1490. The highest BCUT2D eigenvalue weighted by Crippen LogP contribution is 2.35. The molecule has 0 aliphatic heterocycles. The Morgan fingerprint density at radius 3 is 2.21 bits per heavy atom. The molecule has 0 N–H and O–H groups in total. The lowest BCUT2D eigenvalue weighted by Crippen LogP contribution is -1.97. The normalized spacial score (nSPS) is 11.4. The van der Waals surface area contributed by atoms with Crippen LogP contribution in [0.4, 0.5) is 0 Å². The first-order valence-corrected chi connectivity index (χ1v) is 9.84. The Morgan fingerprint density at radius 2 is 1.28 bits per heavy atom. The van der Waals surface area contributed by atoms with Gasteiger partial charge in [-0.15, -0.1) is 0 Å². The van der Waals surface area contributed by atoms with Gasteiger partial charge in [-0.1, -0.05) is 84.9 Å². The van der Waals surface area contributed by atoms with Crippen molar-refractivity contribution in [1.29, 1.82) is 0 Å². The maximum Gasteiger partial charge on any atom is 0.146 e. The molecule has 136 valence electrons. The number of aromatic nitrogens is 2. The fourth-order valence-corrected chi connectivity index (χ4v) is 4.28. The molecule has 0 saturated heterocycles. The monoisotopic (exact) mass is 370 g/mol. The smallest absolute Gasteiger partial charge is 0.146 e. The van der Waals surface area contributed by atoms with Crippen LogP contribution >= 0.6 is 0 Å². The van der Waals surface area contributed by atoms with E-state index in [-0.39, 0.29) is 0 Å². The SMILES string of the molecule is c1ccc(-n2c(-c3cccc4c3ccc3ccccc34)nc3ccccc32)cc1. The number of nitrogens with zero attached hydrogens (tertiary/aromatic N) is 2. The highest BCUT2D eigenvalue weighted by atomic mass is 15.1. The molecule has 0 radical (unpaired) electrons. The zero-order valence-electron chi connectivity index (χ0n) is 15.8. The summed E-state index contributed by atoms with van der Waals surface area (Å²) in [5.41, 5.74) is 4.39. The molecule has 29 heavy (non-hydrogen) atoms. The van der Waals surface area contributed by atoms with Crippen molar-refractivity contribution in [1.82, 2.24) is 9.55 Å². The van der Waals surface area contributed by atoms with E-state index in [2.05, 4.69) is 102 Å². The molecule has 6 aromatic rings. The summed E-state index contributed by atoms with van der Waals surface area (Å²) in [5, 5.41) is 5.01. The molecule has 0 unspecified atom stereocenters. The lowest BCUT2D eigenvalue weighted by atomic mass is 9.98. The van der Waals surface area contributed by atoms with Crippen LogP contribution in [0.15, 0.2) is 109 Å². The summed E-state index contributed by atoms with van der Waals surface area (Å²) in [5.74, 6) is 0.971. The summed E-state index contributed by atoms with van der Waals surface area (Å²) in [7, 11) is 0. The van der Waals surface area contributed by atoms with Crippen molar-refractivity contribution in [3.8, 4) is 17.1 Å². The van der Waals surface area contributed by atoms with Crippen LogP contribution < -0.4 is 0 Å². The molecule has 6 rings (SSSR count). The fraction of sp³-hybridized carbons (Fsp3) is 0. The summed E-state index contributed by atoms with van der Waals surface area (Å²) in [6.45, 7) is 0. The lowest BCUT2D eigenvalue weighted by Gasteiger charge is -2.12. The van der Waals surface area contributed by atoms with Crippen LogP contribution in [-0.2, 0) is 0 Å². The van der Waals surface area contributed by atoms with E-state index in [1.807, 2.05) is 12.1 Å². The Labute approximate surface area is 168 Å². The van der Waals surface area contributed by atoms with E-state index in [4.69, 9.17) is 4.98 Å². The van der Waals surface area contributed by atoms with Crippen LogP contribution in [0.3, 0.4) is 0 Å². The molecule has 0 atom stereocenters. The Morgan fingerprint density at radius 1 is 0.517 bits per heavy atom. The van der Waals surface area contributed by atoms with E-state index in [0.29, 0.717) is 0 Å². The van der Waals surface area contributed by atoms with Crippen LogP contribution in [0, 0.1) is 0 Å². The van der Waals surface area contributed by atoms with Gasteiger partial charge in [-0.3, -0.25) is 4.57 Å². The van der Waals surface area contributed by atoms with Crippen molar-refractivity contribution >= 4 is 32.6 Å². The van der Waals surface area contributed by atoms with Crippen LogP contribution in [0.5, 0.6) is 0 Å². The first-order chi connectivity index (χ1) is 14.4. The number of fused-ring (bicyclic) bond motifs is 4. The van der Waals surface area contributed by atoms with Gasteiger partial charge < -0.3 is 0 Å². The topological polar surface area (TPSA) is 17.8 Å². The molecule has 1 heterocycles. The van der Waals surface area contributed by atoms with Crippen molar-refractivity contribution < 1.29 is 0 Å². The van der Waals surface area contributed by atoms with E-state index in [1.165, 1.54) is 21.5 Å². The van der Waals surface area contributed by atoms with Crippen molar-refractivity contribution in [3.63, 3.8) is 0 Å². The Balaban J connectivity index is 1.73. The maximum atomic E-state index is 5.05. The fourth-order valence-electron chi connectivity index (χ4n) is 4.28. The van der Waals surface area contributed by atoms with Gasteiger partial charge in [-0.2, -0.15) is 0 Å². The van der Waals surface area contributed by atoms with Crippen molar-refractivity contribution in [2.45, 2.75) is 0 Å². The number of imidazole rings is 1. The molecule has 5 aromatic carbocycles. The highest BCUT2D eigenvalue weighted by Gasteiger charge is 2.16. The second-order valence-corrected chi connectivity index (χ2v) is 7.28. The second kappa shape index (κ2) is 6.32. The van der Waals surface area contributed by atoms with Gasteiger partial charge in [0, 0.05) is 11.3 Å². The molecule has 0 aliphatic rings. The summed E-state index contributed by atoms with van der Waals surface area (Å²) >= 11 is 0. The molecule has 0 fully saturated rings. The standard InChI is InChI=1S/C27H18N2/c1-2-10-20(11-3-1)29-26-16-7-6-15-25(26)28-27(29)24-14-8-13-22-21-12-5-4-9-19(21)17-18-23(22)24/h1-18H. The number of hydrogen-bond acceptors (Lipinski definition) is 1. The zero-order chi connectivity index (χ0) is 19.2. The van der Waals surface area contributed by atoms with Gasteiger partial charge in [0.1, 0.15) is 5.82 Å². The van der Waals surface area contributed by atoms with E-state index >= 15 is 0 Å². The van der Waals surface area contributed by atoms with Crippen LogP contribution in [0.25, 0.3) is 49.7 Å². The molecular formula is C27H18N2. The quantitative estimate of drug-likeness (QED) is 0.300. The Hall–Kier alpha value is -3.91. The second-order valence-electron chi connectivity index (χ2n) is 7.28. The third-order valence-corrected chi connectivity index (χ3v) is 5.60. The van der Waals surface area contributed by atoms with E-state index < -0.39 is 0 Å². The first kappa shape index (κ1) is 16.1. The van der Waals surface area contributed by atoms with Crippen molar-refractivity contribution in [2.24, 2.45) is 0 Å².